The molecule has 2 aromatic carbocycles. The highest BCUT2D eigenvalue weighted by Crippen LogP contribution is 2.35. The molecule has 1 N–H and O–H groups in total. The van der Waals surface area contributed by atoms with Crippen LogP contribution in [0.4, 0.5) is 11.4 Å². The number of aryl methyl sites for hydroxylation is 1. The molecule has 1 heterocycles. The molecule has 0 spiro atoms. The monoisotopic (exact) mass is 431 g/mol. The van der Waals surface area contributed by atoms with E-state index in [4.69, 9.17) is 4.74 Å². The van der Waals surface area contributed by atoms with Crippen LogP contribution >= 0.6 is 0 Å². The minimum Gasteiger partial charge on any atom is -0.476 e. The number of anilines is 2. The summed E-state index contributed by atoms with van der Waals surface area (Å²) in [6, 6.07) is 15.1. The molecule has 0 fully saturated rings. The standard InChI is InChI=1S/C22H29N3O4S/c1-4-24(18-12-10-17(3)11-13-18)15-14-23-22(26)21-16-25(30(27,28)5-2)19-8-6-7-9-20(19)29-21/h6-13,21H,4-5,14-16H2,1-3H3,(H,23,26)/t21-/m0/s1. The van der Waals surface area contributed by atoms with Crippen molar-refractivity contribution in [2.24, 2.45) is 0 Å². The molecule has 1 atom stereocenters. The van der Waals surface area contributed by atoms with E-state index in [1.54, 1.807) is 31.2 Å². The molecule has 1 amide bonds. The summed E-state index contributed by atoms with van der Waals surface area (Å²) in [6.07, 6.45) is -0.893. The molecule has 3 rings (SSSR count). The van der Waals surface area contributed by atoms with Gasteiger partial charge in [0.2, 0.25) is 10.0 Å². The SMILES string of the molecule is CCN(CCNC(=O)[C@@H]1CN(S(=O)(=O)CC)c2ccccc2O1)c1ccc(C)cc1. The van der Waals surface area contributed by atoms with Gasteiger partial charge in [0.05, 0.1) is 18.0 Å². The van der Waals surface area contributed by atoms with Gasteiger partial charge in [-0.3, -0.25) is 9.10 Å². The molecule has 0 radical (unpaired) electrons. The predicted molar refractivity (Wildman–Crippen MR) is 120 cm³/mol. The van der Waals surface area contributed by atoms with E-state index in [1.807, 2.05) is 6.92 Å². The summed E-state index contributed by atoms with van der Waals surface area (Å²) in [5.41, 5.74) is 2.77. The molecule has 0 aromatic heterocycles. The van der Waals surface area contributed by atoms with E-state index in [1.165, 1.54) is 9.87 Å². The molecule has 2 aromatic rings. The fourth-order valence-corrected chi connectivity index (χ4v) is 4.54. The number of ether oxygens (including phenoxy) is 1. The third kappa shape index (κ3) is 4.87. The van der Waals surface area contributed by atoms with Crippen molar-refractivity contribution in [2.45, 2.75) is 26.9 Å². The van der Waals surface area contributed by atoms with E-state index in [2.05, 4.69) is 41.4 Å². The van der Waals surface area contributed by atoms with Crippen LogP contribution in [0.2, 0.25) is 0 Å². The Morgan fingerprint density at radius 3 is 2.53 bits per heavy atom. The molecular weight excluding hydrogens is 402 g/mol. The third-order valence-electron chi connectivity index (χ3n) is 5.19. The Morgan fingerprint density at radius 1 is 1.17 bits per heavy atom. The van der Waals surface area contributed by atoms with Crippen LogP contribution in [0.5, 0.6) is 5.75 Å². The number of nitrogens with one attached hydrogen (secondary N) is 1. The second-order valence-corrected chi connectivity index (χ2v) is 9.39. The van der Waals surface area contributed by atoms with E-state index < -0.39 is 16.1 Å². The van der Waals surface area contributed by atoms with Crippen LogP contribution in [-0.2, 0) is 14.8 Å². The predicted octanol–water partition coefficient (Wildman–Crippen LogP) is 2.55. The number of benzene rings is 2. The normalized spacial score (nSPS) is 15.8. The number of nitrogens with zero attached hydrogens (tertiary/aromatic N) is 2. The molecule has 0 saturated heterocycles. The van der Waals surface area contributed by atoms with Gasteiger partial charge in [-0.1, -0.05) is 29.8 Å². The lowest BCUT2D eigenvalue weighted by Gasteiger charge is -2.34. The Bertz CT molecular complexity index is 976. The van der Waals surface area contributed by atoms with Gasteiger partial charge in [0.25, 0.3) is 5.91 Å². The van der Waals surface area contributed by atoms with E-state index in [-0.39, 0.29) is 18.2 Å². The van der Waals surface area contributed by atoms with Crippen molar-refractivity contribution in [2.75, 3.05) is 41.1 Å². The first kappa shape index (κ1) is 22.0. The number of carbonyl (C=O) groups is 1. The van der Waals surface area contributed by atoms with Crippen molar-refractivity contribution in [1.29, 1.82) is 0 Å². The van der Waals surface area contributed by atoms with E-state index >= 15 is 0 Å². The Hall–Kier alpha value is -2.74. The zero-order valence-corrected chi connectivity index (χ0v) is 18.5. The van der Waals surface area contributed by atoms with E-state index in [0.29, 0.717) is 24.5 Å². The minimum absolute atomic E-state index is 0.0333. The molecule has 8 heteroatoms. The van der Waals surface area contributed by atoms with Gasteiger partial charge in [-0.15, -0.1) is 0 Å². The summed E-state index contributed by atoms with van der Waals surface area (Å²) < 4.78 is 32.2. The van der Waals surface area contributed by atoms with Gasteiger partial charge in [-0.2, -0.15) is 0 Å². The first-order valence-electron chi connectivity index (χ1n) is 10.2. The molecule has 0 saturated carbocycles. The Kier molecular flexibility index (Phi) is 6.87. The average Bonchev–Trinajstić information content (AvgIpc) is 2.76. The molecule has 1 aliphatic heterocycles. The van der Waals surface area contributed by atoms with Crippen LogP contribution in [0.15, 0.2) is 48.5 Å². The number of para-hydroxylation sites is 2. The Balaban J connectivity index is 1.65. The second-order valence-electron chi connectivity index (χ2n) is 7.21. The van der Waals surface area contributed by atoms with Gasteiger partial charge >= 0.3 is 0 Å². The number of sulfonamides is 1. The third-order valence-corrected chi connectivity index (χ3v) is 6.94. The topological polar surface area (TPSA) is 79.0 Å². The molecular formula is C22H29N3O4S. The zero-order chi connectivity index (χ0) is 21.7. The number of hydrogen-bond acceptors (Lipinski definition) is 5. The van der Waals surface area contributed by atoms with Crippen LogP contribution < -0.4 is 19.3 Å². The number of likely N-dealkylation sites (N-methyl/N-ethyl adjacent to an activating group) is 1. The molecule has 30 heavy (non-hydrogen) atoms. The highest BCUT2D eigenvalue weighted by atomic mass is 32.2. The maximum absolute atomic E-state index is 12.7. The van der Waals surface area contributed by atoms with Crippen molar-refractivity contribution in [3.63, 3.8) is 0 Å². The van der Waals surface area contributed by atoms with Crippen LogP contribution in [0, 0.1) is 6.92 Å². The van der Waals surface area contributed by atoms with Gasteiger partial charge in [-0.25, -0.2) is 8.42 Å². The number of amides is 1. The van der Waals surface area contributed by atoms with Crippen molar-refractivity contribution in [3.8, 4) is 5.75 Å². The summed E-state index contributed by atoms with van der Waals surface area (Å²) in [6.45, 7) is 7.56. The maximum Gasteiger partial charge on any atom is 0.263 e. The summed E-state index contributed by atoms with van der Waals surface area (Å²) >= 11 is 0. The molecule has 7 nitrogen and oxygen atoms in total. The minimum atomic E-state index is -3.51. The van der Waals surface area contributed by atoms with Gasteiger partial charge < -0.3 is 15.0 Å². The number of hydrogen-bond donors (Lipinski definition) is 1. The number of fused-ring (bicyclic) bond motifs is 1. The first-order chi connectivity index (χ1) is 14.4. The summed E-state index contributed by atoms with van der Waals surface area (Å²) in [5.74, 6) is 0.0362. The number of rotatable bonds is 8. The van der Waals surface area contributed by atoms with Crippen LogP contribution in [0.3, 0.4) is 0 Å². The second kappa shape index (κ2) is 9.38. The van der Waals surface area contributed by atoms with Gasteiger partial charge in [0.1, 0.15) is 5.75 Å². The first-order valence-corrected chi connectivity index (χ1v) is 11.8. The quantitative estimate of drug-likeness (QED) is 0.695. The van der Waals surface area contributed by atoms with Gasteiger partial charge in [0, 0.05) is 25.3 Å². The Morgan fingerprint density at radius 2 is 1.87 bits per heavy atom. The van der Waals surface area contributed by atoms with Crippen molar-refractivity contribution in [3.05, 3.63) is 54.1 Å². The molecule has 0 unspecified atom stereocenters. The maximum atomic E-state index is 12.7. The molecule has 1 aliphatic rings. The molecule has 0 bridgehead atoms. The average molecular weight is 432 g/mol. The van der Waals surface area contributed by atoms with Crippen molar-refractivity contribution >= 4 is 27.3 Å². The fraction of sp³-hybridized carbons (Fsp3) is 0.409. The van der Waals surface area contributed by atoms with Crippen LogP contribution in [0.25, 0.3) is 0 Å². The van der Waals surface area contributed by atoms with Gasteiger partial charge in [0.15, 0.2) is 6.10 Å². The Labute approximate surface area is 178 Å². The number of carbonyl (C=O) groups excluding carboxylic acids is 1. The molecule has 0 aliphatic carbocycles. The highest BCUT2D eigenvalue weighted by Gasteiger charge is 2.35. The largest absolute Gasteiger partial charge is 0.476 e. The summed E-state index contributed by atoms with van der Waals surface area (Å²) in [4.78, 5) is 14.9. The van der Waals surface area contributed by atoms with E-state index in [9.17, 15) is 13.2 Å². The highest BCUT2D eigenvalue weighted by molar-refractivity contribution is 7.92. The lowest BCUT2D eigenvalue weighted by Crippen LogP contribution is -2.51. The zero-order valence-electron chi connectivity index (χ0n) is 17.7. The smallest absolute Gasteiger partial charge is 0.263 e. The summed E-state index contributed by atoms with van der Waals surface area (Å²) in [7, 11) is -3.51. The van der Waals surface area contributed by atoms with Crippen molar-refractivity contribution in [1.82, 2.24) is 5.32 Å². The molecule has 162 valence electrons. The lowest BCUT2D eigenvalue weighted by molar-refractivity contribution is -0.127. The lowest BCUT2D eigenvalue weighted by atomic mass is 10.2. The fourth-order valence-electron chi connectivity index (χ4n) is 3.41. The summed E-state index contributed by atoms with van der Waals surface area (Å²) in [5, 5.41) is 2.89. The van der Waals surface area contributed by atoms with Crippen LogP contribution in [0.1, 0.15) is 19.4 Å². The van der Waals surface area contributed by atoms with E-state index in [0.717, 1.165) is 12.2 Å². The van der Waals surface area contributed by atoms with Gasteiger partial charge in [-0.05, 0) is 45.0 Å². The van der Waals surface area contributed by atoms with Crippen molar-refractivity contribution < 1.29 is 17.9 Å². The van der Waals surface area contributed by atoms with Crippen LogP contribution in [-0.4, -0.2) is 52.4 Å².